The van der Waals surface area contributed by atoms with Gasteiger partial charge in [-0.3, -0.25) is 0 Å². The summed E-state index contributed by atoms with van der Waals surface area (Å²) >= 11 is 0. The number of benzene rings is 1. The molecule has 0 radical (unpaired) electrons. The molecule has 3 atom stereocenters. The number of hydrogen-bond donors (Lipinski definition) is 1. The van der Waals surface area contributed by atoms with Gasteiger partial charge in [0.1, 0.15) is 17.7 Å². The van der Waals surface area contributed by atoms with Crippen molar-refractivity contribution in [2.45, 2.75) is 55.4 Å². The van der Waals surface area contributed by atoms with Crippen LogP contribution in [0.25, 0.3) is 0 Å². The summed E-state index contributed by atoms with van der Waals surface area (Å²) in [5, 5.41) is 2.68. The molecule has 2 heterocycles. The summed E-state index contributed by atoms with van der Waals surface area (Å²) in [5.74, 6) is 1.10. The van der Waals surface area contributed by atoms with Crippen molar-refractivity contribution in [1.82, 2.24) is 10.2 Å². The zero-order valence-corrected chi connectivity index (χ0v) is 18.1. The third-order valence-corrected chi connectivity index (χ3v) is 7.06. The summed E-state index contributed by atoms with van der Waals surface area (Å²) in [6.45, 7) is 1.80. The van der Waals surface area contributed by atoms with Gasteiger partial charge >= 0.3 is 12.1 Å². The van der Waals surface area contributed by atoms with E-state index in [1.54, 1.807) is 7.11 Å². The second-order valence-electron chi connectivity index (χ2n) is 9.00. The number of hydrogen-bond acceptors (Lipinski definition) is 7. The molecule has 8 heteroatoms. The molecule has 8 nitrogen and oxygen atoms in total. The number of alkyl carbamates (subject to hydrolysis) is 1. The number of nitrogens with one attached hydrogen (secondary N) is 1. The van der Waals surface area contributed by atoms with Gasteiger partial charge in [0, 0.05) is 18.5 Å². The summed E-state index contributed by atoms with van der Waals surface area (Å²) in [7, 11) is 5.10. The highest BCUT2D eigenvalue weighted by atomic mass is 16.6. The van der Waals surface area contributed by atoms with Gasteiger partial charge in [0.2, 0.25) is 0 Å². The molecule has 1 aromatic carbocycles. The van der Waals surface area contributed by atoms with Gasteiger partial charge < -0.3 is 29.2 Å². The lowest BCUT2D eigenvalue weighted by Crippen LogP contribution is -2.47. The molecule has 0 unspecified atom stereocenters. The smallest absolute Gasteiger partial charge is 0.408 e. The van der Waals surface area contributed by atoms with E-state index in [2.05, 4.69) is 29.4 Å². The zero-order chi connectivity index (χ0) is 21.8. The van der Waals surface area contributed by atoms with Gasteiger partial charge in [-0.2, -0.15) is 0 Å². The van der Waals surface area contributed by atoms with Crippen molar-refractivity contribution in [2.75, 3.05) is 27.8 Å². The lowest BCUT2D eigenvalue weighted by atomic mass is 9.69. The Bertz CT molecular complexity index is 956. The van der Waals surface area contributed by atoms with E-state index in [-0.39, 0.29) is 11.5 Å². The van der Waals surface area contributed by atoms with Crippen LogP contribution in [0.2, 0.25) is 0 Å². The van der Waals surface area contributed by atoms with Gasteiger partial charge in [-0.15, -0.1) is 0 Å². The Morgan fingerprint density at radius 2 is 2.03 bits per heavy atom. The third-order valence-electron chi connectivity index (χ3n) is 7.06. The lowest BCUT2D eigenvalue weighted by Gasteiger charge is -2.36. The van der Waals surface area contributed by atoms with E-state index in [1.165, 1.54) is 18.2 Å². The number of amides is 1. The molecule has 2 aliphatic carbocycles. The molecule has 4 aliphatic rings. The standard InChI is InChI=1S/C23H28N2O6/c1-25-11-10-22-7-6-15(30-21(27)24-23(8-9-23)20(26)29-3)12-17(22)31-19-16(28-2)5-4-14(13-25)18(19)22/h4-7,15,17H,8-13H2,1-3H3,(H,24,27)/t15-,17-,22-/m0/s1. The summed E-state index contributed by atoms with van der Waals surface area (Å²) < 4.78 is 22.5. The van der Waals surface area contributed by atoms with Crippen LogP contribution >= 0.6 is 0 Å². The fraction of sp³-hybridized carbons (Fsp3) is 0.565. The Morgan fingerprint density at radius 3 is 2.74 bits per heavy atom. The van der Waals surface area contributed by atoms with Crippen LogP contribution < -0.4 is 14.8 Å². The molecule has 31 heavy (non-hydrogen) atoms. The maximum absolute atomic E-state index is 12.5. The molecule has 1 fully saturated rings. The largest absolute Gasteiger partial charge is 0.493 e. The quantitative estimate of drug-likeness (QED) is 0.582. The Labute approximate surface area is 181 Å². The van der Waals surface area contributed by atoms with Crippen LogP contribution in [-0.2, 0) is 26.2 Å². The van der Waals surface area contributed by atoms with Crippen LogP contribution in [0.15, 0.2) is 24.3 Å². The summed E-state index contributed by atoms with van der Waals surface area (Å²) in [4.78, 5) is 26.7. The highest BCUT2D eigenvalue weighted by Crippen LogP contribution is 2.55. The molecule has 1 N–H and O–H groups in total. The number of carbonyl (C=O) groups is 2. The molecule has 1 aromatic rings. The molecule has 5 rings (SSSR count). The summed E-state index contributed by atoms with van der Waals surface area (Å²) in [6, 6.07) is 4.09. The third kappa shape index (κ3) is 3.15. The highest BCUT2D eigenvalue weighted by Gasteiger charge is 2.55. The van der Waals surface area contributed by atoms with Crippen LogP contribution in [0.4, 0.5) is 4.79 Å². The average molecular weight is 428 g/mol. The number of esters is 1. The van der Waals surface area contributed by atoms with Crippen molar-refractivity contribution < 1.29 is 28.5 Å². The van der Waals surface area contributed by atoms with Crippen molar-refractivity contribution in [3.63, 3.8) is 0 Å². The minimum atomic E-state index is -0.931. The second-order valence-corrected chi connectivity index (χ2v) is 9.00. The Balaban J connectivity index is 1.38. The first-order chi connectivity index (χ1) is 14.9. The van der Waals surface area contributed by atoms with Crippen molar-refractivity contribution in [1.29, 1.82) is 0 Å². The Morgan fingerprint density at radius 1 is 1.23 bits per heavy atom. The lowest BCUT2D eigenvalue weighted by molar-refractivity contribution is -0.144. The SMILES string of the molecule is COC(=O)C1(NC(=O)O[C@H]2C=C[C@@]34CCN(C)Cc5ccc(OC)c(c53)O[C@H]4C2)CC1. The van der Waals surface area contributed by atoms with Crippen molar-refractivity contribution in [3.8, 4) is 11.5 Å². The van der Waals surface area contributed by atoms with Gasteiger partial charge in [0.05, 0.1) is 19.6 Å². The zero-order valence-electron chi connectivity index (χ0n) is 18.1. The van der Waals surface area contributed by atoms with Crippen molar-refractivity contribution in [3.05, 3.63) is 35.4 Å². The number of methoxy groups -OCH3 is 2. The van der Waals surface area contributed by atoms with Gasteiger partial charge in [-0.25, -0.2) is 9.59 Å². The number of carbonyl (C=O) groups excluding carboxylic acids is 2. The van der Waals surface area contributed by atoms with Crippen LogP contribution in [-0.4, -0.2) is 62.5 Å². The van der Waals surface area contributed by atoms with Crippen molar-refractivity contribution in [2.24, 2.45) is 0 Å². The first kappa shape index (κ1) is 20.2. The van der Waals surface area contributed by atoms with E-state index in [1.807, 2.05) is 12.1 Å². The summed E-state index contributed by atoms with van der Waals surface area (Å²) in [6.07, 6.45) is 5.50. The molecular formula is C23H28N2O6. The number of ether oxygens (including phenoxy) is 4. The number of nitrogens with zero attached hydrogens (tertiary/aromatic N) is 1. The predicted octanol–water partition coefficient (Wildman–Crippen LogP) is 2.29. The minimum absolute atomic E-state index is 0.151. The highest BCUT2D eigenvalue weighted by molar-refractivity contribution is 5.88. The first-order valence-electron chi connectivity index (χ1n) is 10.7. The fourth-order valence-corrected chi connectivity index (χ4v) is 5.22. The monoisotopic (exact) mass is 428 g/mol. The van der Waals surface area contributed by atoms with E-state index >= 15 is 0 Å². The van der Waals surface area contributed by atoms with E-state index in [9.17, 15) is 9.59 Å². The van der Waals surface area contributed by atoms with Crippen molar-refractivity contribution >= 4 is 12.1 Å². The molecule has 1 saturated carbocycles. The van der Waals surface area contributed by atoms with E-state index in [4.69, 9.17) is 18.9 Å². The maximum Gasteiger partial charge on any atom is 0.408 e. The van der Waals surface area contributed by atoms with Gasteiger partial charge in [-0.05, 0) is 50.6 Å². The van der Waals surface area contributed by atoms with Crippen LogP contribution in [0.3, 0.4) is 0 Å². The fourth-order valence-electron chi connectivity index (χ4n) is 5.22. The second kappa shape index (κ2) is 7.15. The molecular weight excluding hydrogens is 400 g/mol. The van der Waals surface area contributed by atoms with Gasteiger partial charge in [0.15, 0.2) is 11.5 Å². The van der Waals surface area contributed by atoms with Gasteiger partial charge in [0.25, 0.3) is 0 Å². The van der Waals surface area contributed by atoms with Gasteiger partial charge in [-0.1, -0.05) is 12.1 Å². The Hall–Kier alpha value is -2.74. The normalized spacial score (nSPS) is 29.6. The first-order valence-corrected chi connectivity index (χ1v) is 10.7. The Kier molecular flexibility index (Phi) is 4.66. The maximum atomic E-state index is 12.5. The summed E-state index contributed by atoms with van der Waals surface area (Å²) in [5.41, 5.74) is 1.25. The minimum Gasteiger partial charge on any atom is -0.493 e. The van der Waals surface area contributed by atoms with E-state index in [0.29, 0.717) is 19.3 Å². The van der Waals surface area contributed by atoms with E-state index in [0.717, 1.165) is 31.0 Å². The number of rotatable bonds is 4. The molecule has 0 bridgehead atoms. The molecule has 166 valence electrons. The molecule has 0 saturated heterocycles. The average Bonchev–Trinajstić information content (AvgIpc) is 3.47. The van der Waals surface area contributed by atoms with Crippen LogP contribution in [0.1, 0.15) is 36.8 Å². The topological polar surface area (TPSA) is 86.3 Å². The molecule has 0 aromatic heterocycles. The van der Waals surface area contributed by atoms with Crippen LogP contribution in [0, 0.1) is 0 Å². The molecule has 1 amide bonds. The molecule has 1 spiro atoms. The van der Waals surface area contributed by atoms with Crippen LogP contribution in [0.5, 0.6) is 11.5 Å². The van der Waals surface area contributed by atoms with E-state index < -0.39 is 23.7 Å². The predicted molar refractivity (Wildman–Crippen MR) is 111 cm³/mol. The molecule has 2 aliphatic heterocycles.